The van der Waals surface area contributed by atoms with Crippen LogP contribution in [0.2, 0.25) is 0 Å². The summed E-state index contributed by atoms with van der Waals surface area (Å²) in [7, 11) is 1.96. The molecule has 3 N–H and O–H groups in total. The Labute approximate surface area is 212 Å². The van der Waals surface area contributed by atoms with Crippen molar-refractivity contribution < 1.29 is 32.3 Å². The summed E-state index contributed by atoms with van der Waals surface area (Å²) < 4.78 is 37.1. The lowest BCUT2D eigenvalue weighted by molar-refractivity contribution is -0.174. The molecule has 0 radical (unpaired) electrons. The summed E-state index contributed by atoms with van der Waals surface area (Å²) in [5.74, 6) is -1.81. The van der Waals surface area contributed by atoms with E-state index in [1.807, 2.05) is 14.0 Å². The molecule has 11 heteroatoms. The van der Waals surface area contributed by atoms with Crippen LogP contribution in [0.4, 0.5) is 13.2 Å². The fraction of sp³-hybridized carbons (Fsp3) is 0.840. The van der Waals surface area contributed by atoms with Crippen LogP contribution in [-0.4, -0.2) is 73.8 Å². The average Bonchev–Trinajstić information content (AvgIpc) is 3.21. The normalized spacial score (nSPS) is 20.1. The molecule has 1 heterocycles. The Kier molecular flexibility index (Phi) is 14.0. The number of carbonyl (C=O) groups excluding carboxylic acids is 4. The van der Waals surface area contributed by atoms with Crippen molar-refractivity contribution in [3.05, 3.63) is 0 Å². The highest BCUT2D eigenvalue weighted by molar-refractivity contribution is 5.84. The Morgan fingerprint density at radius 2 is 1.69 bits per heavy atom. The van der Waals surface area contributed by atoms with Gasteiger partial charge in [-0.25, -0.2) is 0 Å². The number of nitrogens with one attached hydrogen (secondary N) is 3. The van der Waals surface area contributed by atoms with E-state index < -0.39 is 18.1 Å². The summed E-state index contributed by atoms with van der Waals surface area (Å²) in [6, 6.07) is -1.36. The van der Waals surface area contributed by atoms with Crippen LogP contribution in [0, 0.1) is 17.8 Å². The second-order valence-electron chi connectivity index (χ2n) is 10.0. The number of aldehydes is 1. The molecule has 1 rings (SSSR count). The molecule has 1 fully saturated rings. The van der Waals surface area contributed by atoms with E-state index in [1.165, 1.54) is 0 Å². The highest BCUT2D eigenvalue weighted by atomic mass is 19.4. The first-order chi connectivity index (χ1) is 16.9. The van der Waals surface area contributed by atoms with Gasteiger partial charge in [-0.2, -0.15) is 13.2 Å². The summed E-state index contributed by atoms with van der Waals surface area (Å²) in [6.45, 7) is 8.03. The Balaban J connectivity index is 2.51. The monoisotopic (exact) mass is 520 g/mol. The van der Waals surface area contributed by atoms with Gasteiger partial charge in [0.1, 0.15) is 6.29 Å². The molecule has 1 unspecified atom stereocenters. The Bertz CT molecular complexity index is 718. The second kappa shape index (κ2) is 15.8. The van der Waals surface area contributed by atoms with Crippen LogP contribution < -0.4 is 16.0 Å². The van der Waals surface area contributed by atoms with Gasteiger partial charge in [0, 0.05) is 19.0 Å². The van der Waals surface area contributed by atoms with Gasteiger partial charge in [0.25, 0.3) is 0 Å². The van der Waals surface area contributed by atoms with Gasteiger partial charge in [-0.3, -0.25) is 19.3 Å². The van der Waals surface area contributed by atoms with Gasteiger partial charge in [0.05, 0.1) is 12.1 Å². The van der Waals surface area contributed by atoms with Crippen molar-refractivity contribution in [1.29, 1.82) is 0 Å². The zero-order valence-corrected chi connectivity index (χ0v) is 22.0. The number of rotatable bonds is 16. The molecule has 36 heavy (non-hydrogen) atoms. The minimum Gasteiger partial charge on any atom is -0.356 e. The molecule has 3 amide bonds. The number of unbranched alkanes of at least 4 members (excludes halogenated alkanes) is 2. The lowest BCUT2D eigenvalue weighted by atomic mass is 9.88. The third-order valence-electron chi connectivity index (χ3n) is 6.84. The predicted molar refractivity (Wildman–Crippen MR) is 131 cm³/mol. The van der Waals surface area contributed by atoms with E-state index >= 15 is 0 Å². The van der Waals surface area contributed by atoms with E-state index in [9.17, 15) is 32.3 Å². The molecule has 208 valence electrons. The number of nitrogens with zero attached hydrogens (tertiary/aromatic N) is 1. The molecule has 0 bridgehead atoms. The second-order valence-corrected chi connectivity index (χ2v) is 10.0. The smallest absolute Gasteiger partial charge is 0.356 e. The summed E-state index contributed by atoms with van der Waals surface area (Å²) >= 11 is 0. The third-order valence-corrected chi connectivity index (χ3v) is 6.84. The van der Waals surface area contributed by atoms with E-state index in [0.717, 1.165) is 19.4 Å². The number of likely N-dealkylation sites (tertiary alicyclic amines) is 1. The fourth-order valence-electron chi connectivity index (χ4n) is 4.70. The van der Waals surface area contributed by atoms with Crippen molar-refractivity contribution in [1.82, 2.24) is 20.9 Å². The van der Waals surface area contributed by atoms with Gasteiger partial charge >= 0.3 is 12.1 Å². The maximum Gasteiger partial charge on any atom is 0.471 e. The molecular weight excluding hydrogens is 477 g/mol. The van der Waals surface area contributed by atoms with Crippen molar-refractivity contribution in [3.8, 4) is 0 Å². The number of halogens is 3. The number of carbonyl (C=O) groups is 4. The Hall–Kier alpha value is -2.17. The summed E-state index contributed by atoms with van der Waals surface area (Å²) in [5.41, 5.74) is 0. The lowest BCUT2D eigenvalue weighted by Gasteiger charge is -2.26. The molecule has 1 aliphatic rings. The van der Waals surface area contributed by atoms with Crippen LogP contribution >= 0.6 is 0 Å². The van der Waals surface area contributed by atoms with Gasteiger partial charge in [-0.15, -0.1) is 0 Å². The predicted octanol–water partition coefficient (Wildman–Crippen LogP) is 2.81. The number of likely N-dealkylation sites (N-methyl/N-ethyl adjacent to an activating group) is 1. The van der Waals surface area contributed by atoms with Gasteiger partial charge in [0.2, 0.25) is 11.8 Å². The zero-order valence-electron chi connectivity index (χ0n) is 22.0. The number of hydrogen-bond donors (Lipinski definition) is 3. The van der Waals surface area contributed by atoms with Crippen molar-refractivity contribution in [2.24, 2.45) is 17.8 Å². The molecule has 0 saturated carbocycles. The quantitative estimate of drug-likeness (QED) is 0.214. The first-order valence-electron chi connectivity index (χ1n) is 13.0. The van der Waals surface area contributed by atoms with Crippen molar-refractivity contribution >= 4 is 24.0 Å². The highest BCUT2D eigenvalue weighted by Crippen LogP contribution is 2.29. The molecule has 0 aromatic carbocycles. The molecule has 0 spiro atoms. The van der Waals surface area contributed by atoms with Gasteiger partial charge in [-0.1, -0.05) is 40.0 Å². The molecule has 1 aliphatic heterocycles. The summed E-state index contributed by atoms with van der Waals surface area (Å²) in [6.07, 6.45) is -0.122. The Morgan fingerprint density at radius 1 is 1.03 bits per heavy atom. The molecule has 1 saturated heterocycles. The van der Waals surface area contributed by atoms with Crippen molar-refractivity contribution in [3.63, 3.8) is 0 Å². The number of alkyl halides is 3. The molecule has 0 aromatic rings. The minimum absolute atomic E-state index is 0.0118. The maximum atomic E-state index is 12.8. The SMILES string of the molecule is CCCNC(=O)[C@H](CCCCC[C@@H](C=O)NC(=O)C(F)(F)F)CCNC(=O)C1[C@@H](C(C)C)CCN1C. The molecular formula is C25H43F3N4O4. The fourth-order valence-corrected chi connectivity index (χ4v) is 4.70. The van der Waals surface area contributed by atoms with Crippen LogP contribution in [0.3, 0.4) is 0 Å². The highest BCUT2D eigenvalue weighted by Gasteiger charge is 2.40. The van der Waals surface area contributed by atoms with Crippen molar-refractivity contribution in [2.45, 2.75) is 90.4 Å². The van der Waals surface area contributed by atoms with E-state index in [4.69, 9.17) is 0 Å². The van der Waals surface area contributed by atoms with Crippen LogP contribution in [0.25, 0.3) is 0 Å². The first kappa shape index (κ1) is 31.9. The van der Waals surface area contributed by atoms with Crippen LogP contribution in [0.5, 0.6) is 0 Å². The van der Waals surface area contributed by atoms with E-state index in [2.05, 4.69) is 29.4 Å². The number of hydrogen-bond acceptors (Lipinski definition) is 5. The van der Waals surface area contributed by atoms with Gasteiger partial charge in [-0.05, 0) is 57.5 Å². The average molecular weight is 521 g/mol. The van der Waals surface area contributed by atoms with Crippen molar-refractivity contribution in [2.75, 3.05) is 26.7 Å². The molecule has 4 atom stereocenters. The topological polar surface area (TPSA) is 108 Å². The summed E-state index contributed by atoms with van der Waals surface area (Å²) in [4.78, 5) is 49.6. The third kappa shape index (κ3) is 10.8. The summed E-state index contributed by atoms with van der Waals surface area (Å²) in [5, 5.41) is 7.59. The van der Waals surface area contributed by atoms with E-state index in [-0.39, 0.29) is 30.2 Å². The van der Waals surface area contributed by atoms with Crippen LogP contribution in [-0.2, 0) is 19.2 Å². The maximum absolute atomic E-state index is 12.8. The lowest BCUT2D eigenvalue weighted by Crippen LogP contribution is -2.46. The zero-order chi connectivity index (χ0) is 27.3. The van der Waals surface area contributed by atoms with Crippen LogP contribution in [0.1, 0.15) is 72.1 Å². The minimum atomic E-state index is -5.03. The van der Waals surface area contributed by atoms with Crippen LogP contribution in [0.15, 0.2) is 0 Å². The first-order valence-corrected chi connectivity index (χ1v) is 13.0. The standard InChI is InChI=1S/C25H43F3N4O4/c1-5-13-29-22(34)18(9-7-6-8-10-19(16-33)31-24(36)25(26,27)28)11-14-30-23(35)21-20(17(2)3)12-15-32(21)4/h16-21H,5-15H2,1-4H3,(H,29,34)(H,30,35)(H,31,36)/t18-,19+,20-,21?/m1/s1. The molecule has 0 aliphatic carbocycles. The van der Waals surface area contributed by atoms with Gasteiger partial charge in [0.15, 0.2) is 0 Å². The van der Waals surface area contributed by atoms with E-state index in [1.54, 1.807) is 5.32 Å². The van der Waals surface area contributed by atoms with E-state index in [0.29, 0.717) is 63.3 Å². The molecule has 8 nitrogen and oxygen atoms in total. The van der Waals surface area contributed by atoms with Gasteiger partial charge < -0.3 is 20.7 Å². The Morgan fingerprint density at radius 3 is 2.28 bits per heavy atom. The molecule has 0 aromatic heterocycles. The number of amides is 3. The largest absolute Gasteiger partial charge is 0.471 e.